The van der Waals surface area contributed by atoms with Gasteiger partial charge in [-0.3, -0.25) is 9.59 Å². The molecule has 0 saturated carbocycles. The van der Waals surface area contributed by atoms with Gasteiger partial charge < -0.3 is 19.0 Å². The van der Waals surface area contributed by atoms with E-state index in [0.29, 0.717) is 60.0 Å². The van der Waals surface area contributed by atoms with Crippen LogP contribution < -0.4 is 4.74 Å². The maximum atomic E-state index is 12.6. The minimum Gasteiger partial charge on any atom is -0.484 e. The number of benzene rings is 2. The van der Waals surface area contributed by atoms with Gasteiger partial charge in [-0.2, -0.15) is 0 Å². The number of nitrogens with zero attached hydrogens (tertiary/aromatic N) is 3. The molecule has 1 aromatic heterocycles. The van der Waals surface area contributed by atoms with Crippen molar-refractivity contribution in [2.75, 3.05) is 32.8 Å². The van der Waals surface area contributed by atoms with Crippen molar-refractivity contribution in [2.24, 2.45) is 0 Å². The Kier molecular flexibility index (Phi) is 7.52. The number of carbonyl (C=O) groups excluding carboxylic acids is 2. The van der Waals surface area contributed by atoms with E-state index in [4.69, 9.17) is 32.4 Å². The number of aromatic nitrogens is 1. The van der Waals surface area contributed by atoms with Gasteiger partial charge >= 0.3 is 0 Å². The smallest absolute Gasteiger partial charge is 0.260 e. The number of amides is 2. The Morgan fingerprint density at radius 2 is 1.61 bits per heavy atom. The van der Waals surface area contributed by atoms with Gasteiger partial charge in [0.15, 0.2) is 18.3 Å². The second-order valence-electron chi connectivity index (χ2n) is 7.60. The van der Waals surface area contributed by atoms with Gasteiger partial charge in [0, 0.05) is 49.6 Å². The van der Waals surface area contributed by atoms with E-state index in [-0.39, 0.29) is 24.8 Å². The quantitative estimate of drug-likeness (QED) is 0.495. The van der Waals surface area contributed by atoms with E-state index in [9.17, 15) is 9.59 Å². The van der Waals surface area contributed by atoms with Crippen molar-refractivity contribution in [3.05, 3.63) is 70.7 Å². The summed E-state index contributed by atoms with van der Waals surface area (Å²) in [6.07, 6.45) is 2.31. The zero-order chi connectivity index (χ0) is 23.2. The Hall–Kier alpha value is -3.03. The van der Waals surface area contributed by atoms with E-state index in [0.717, 1.165) is 5.56 Å². The summed E-state index contributed by atoms with van der Waals surface area (Å²) in [6.45, 7) is 1.88. The van der Waals surface area contributed by atoms with Crippen LogP contribution in [0.4, 0.5) is 0 Å². The summed E-state index contributed by atoms with van der Waals surface area (Å²) in [5, 5.41) is 1.19. The average molecular weight is 488 g/mol. The van der Waals surface area contributed by atoms with Gasteiger partial charge in [0.2, 0.25) is 5.91 Å². The maximum absolute atomic E-state index is 12.6. The number of oxazole rings is 1. The van der Waals surface area contributed by atoms with Crippen molar-refractivity contribution in [3.63, 3.8) is 0 Å². The normalized spacial score (nSPS) is 13.8. The minimum absolute atomic E-state index is 0.0111. The highest BCUT2D eigenvalue weighted by Crippen LogP contribution is 2.28. The van der Waals surface area contributed by atoms with Gasteiger partial charge in [-0.1, -0.05) is 35.3 Å². The maximum Gasteiger partial charge on any atom is 0.260 e. The summed E-state index contributed by atoms with van der Waals surface area (Å²) in [5.41, 5.74) is 0.769. The van der Waals surface area contributed by atoms with Crippen LogP contribution >= 0.6 is 23.2 Å². The van der Waals surface area contributed by atoms with Crippen LogP contribution in [-0.4, -0.2) is 59.4 Å². The first-order valence-electron chi connectivity index (χ1n) is 10.6. The largest absolute Gasteiger partial charge is 0.484 e. The third-order valence-electron chi connectivity index (χ3n) is 5.41. The fourth-order valence-electron chi connectivity index (χ4n) is 3.56. The van der Waals surface area contributed by atoms with Crippen LogP contribution in [-0.2, 0) is 16.0 Å². The highest BCUT2D eigenvalue weighted by molar-refractivity contribution is 6.33. The topological polar surface area (TPSA) is 75.9 Å². The first kappa shape index (κ1) is 23.1. The number of halogens is 2. The summed E-state index contributed by atoms with van der Waals surface area (Å²) in [6, 6.07) is 14.2. The molecule has 1 aliphatic heterocycles. The summed E-state index contributed by atoms with van der Waals surface area (Å²) < 4.78 is 11.3. The van der Waals surface area contributed by atoms with Gasteiger partial charge in [0.1, 0.15) is 5.75 Å². The molecule has 9 heteroatoms. The first-order chi connectivity index (χ1) is 16.0. The number of carbonyl (C=O) groups is 2. The lowest BCUT2D eigenvalue weighted by Crippen LogP contribution is -2.51. The Labute approximate surface area is 201 Å². The van der Waals surface area contributed by atoms with Crippen LogP contribution in [0.1, 0.15) is 12.3 Å². The average Bonchev–Trinajstić information content (AvgIpc) is 3.31. The standard InChI is InChI=1S/C24H23Cl2N3O4/c25-17-5-7-18(8-6-17)32-16-24(31)29-13-11-28(12-14-29)23(30)10-9-22-27-15-21(33-22)19-3-1-2-4-20(19)26/h1-8,15H,9-14,16H2. The van der Waals surface area contributed by atoms with E-state index in [1.54, 1.807) is 46.3 Å². The lowest BCUT2D eigenvalue weighted by Gasteiger charge is -2.34. The Morgan fingerprint density at radius 1 is 0.939 bits per heavy atom. The zero-order valence-electron chi connectivity index (χ0n) is 17.9. The molecule has 0 radical (unpaired) electrons. The minimum atomic E-state index is -0.107. The van der Waals surface area contributed by atoms with Crippen LogP contribution in [0.15, 0.2) is 59.1 Å². The number of rotatable bonds is 7. The van der Waals surface area contributed by atoms with Gasteiger partial charge in [-0.15, -0.1) is 0 Å². The van der Waals surface area contributed by atoms with E-state index >= 15 is 0 Å². The molecule has 0 spiro atoms. The predicted molar refractivity (Wildman–Crippen MR) is 125 cm³/mol. The van der Waals surface area contributed by atoms with Crippen LogP contribution in [0, 0.1) is 0 Å². The molecule has 1 aliphatic rings. The monoisotopic (exact) mass is 487 g/mol. The van der Waals surface area contributed by atoms with Gasteiger partial charge in [0.05, 0.1) is 11.2 Å². The number of hydrogen-bond donors (Lipinski definition) is 0. The van der Waals surface area contributed by atoms with Crippen molar-refractivity contribution in [1.82, 2.24) is 14.8 Å². The molecule has 2 aromatic carbocycles. The second-order valence-corrected chi connectivity index (χ2v) is 8.45. The first-order valence-corrected chi connectivity index (χ1v) is 11.4. The summed E-state index contributed by atoms with van der Waals surface area (Å²) >= 11 is 12.0. The van der Waals surface area contributed by atoms with Crippen LogP contribution in [0.25, 0.3) is 11.3 Å². The summed E-state index contributed by atoms with van der Waals surface area (Å²) in [4.78, 5) is 32.8. The SMILES string of the molecule is O=C(CCc1ncc(-c2ccccc2Cl)o1)N1CCN(C(=O)COc2ccc(Cl)cc2)CC1. The van der Waals surface area contributed by atoms with Crippen LogP contribution in [0.2, 0.25) is 10.0 Å². The second kappa shape index (κ2) is 10.7. The number of aryl methyl sites for hydroxylation is 1. The predicted octanol–water partition coefficient (Wildman–Crippen LogP) is 4.33. The molecule has 3 aromatic rings. The molecular weight excluding hydrogens is 465 g/mol. The highest BCUT2D eigenvalue weighted by Gasteiger charge is 2.24. The van der Waals surface area contributed by atoms with E-state index in [2.05, 4.69) is 4.98 Å². The number of ether oxygens (including phenoxy) is 1. The lowest BCUT2D eigenvalue weighted by molar-refractivity contribution is -0.140. The van der Waals surface area contributed by atoms with Crippen LogP contribution in [0.3, 0.4) is 0 Å². The summed E-state index contributed by atoms with van der Waals surface area (Å²) in [7, 11) is 0. The highest BCUT2D eigenvalue weighted by atomic mass is 35.5. The molecule has 7 nitrogen and oxygen atoms in total. The third-order valence-corrected chi connectivity index (χ3v) is 5.99. The lowest BCUT2D eigenvalue weighted by atomic mass is 10.2. The molecule has 2 heterocycles. The molecular formula is C24H23Cl2N3O4. The van der Waals surface area contributed by atoms with Crippen molar-refractivity contribution in [2.45, 2.75) is 12.8 Å². The number of piperazine rings is 1. The Balaban J connectivity index is 1.21. The molecule has 0 aliphatic carbocycles. The van der Waals surface area contributed by atoms with Crippen molar-refractivity contribution >= 4 is 35.0 Å². The molecule has 0 unspecified atom stereocenters. The van der Waals surface area contributed by atoms with Crippen molar-refractivity contribution in [3.8, 4) is 17.1 Å². The molecule has 4 rings (SSSR count). The van der Waals surface area contributed by atoms with Crippen LogP contribution in [0.5, 0.6) is 5.75 Å². The molecule has 0 bridgehead atoms. The molecule has 0 atom stereocenters. The summed E-state index contributed by atoms with van der Waals surface area (Å²) in [5.74, 6) is 1.56. The zero-order valence-corrected chi connectivity index (χ0v) is 19.4. The van der Waals surface area contributed by atoms with E-state index in [1.165, 1.54) is 0 Å². The Bertz CT molecular complexity index is 1110. The Morgan fingerprint density at radius 3 is 2.30 bits per heavy atom. The molecule has 172 valence electrons. The van der Waals surface area contributed by atoms with Gasteiger partial charge in [-0.25, -0.2) is 4.98 Å². The third kappa shape index (κ3) is 6.06. The van der Waals surface area contributed by atoms with Gasteiger partial charge in [-0.05, 0) is 36.4 Å². The number of hydrogen-bond acceptors (Lipinski definition) is 5. The molecule has 1 fully saturated rings. The molecule has 2 amide bonds. The fraction of sp³-hybridized carbons (Fsp3) is 0.292. The molecule has 1 saturated heterocycles. The van der Waals surface area contributed by atoms with Crippen molar-refractivity contribution < 1.29 is 18.7 Å². The van der Waals surface area contributed by atoms with Gasteiger partial charge in [0.25, 0.3) is 5.91 Å². The fourth-order valence-corrected chi connectivity index (χ4v) is 3.91. The molecule has 33 heavy (non-hydrogen) atoms. The molecule has 0 N–H and O–H groups in total. The van der Waals surface area contributed by atoms with Crippen molar-refractivity contribution in [1.29, 1.82) is 0 Å². The van der Waals surface area contributed by atoms with E-state index in [1.807, 2.05) is 18.2 Å². The van der Waals surface area contributed by atoms with E-state index < -0.39 is 0 Å².